The van der Waals surface area contributed by atoms with Gasteiger partial charge in [-0.25, -0.2) is 0 Å². The van der Waals surface area contributed by atoms with Crippen molar-refractivity contribution in [1.82, 2.24) is 0 Å². The van der Waals surface area contributed by atoms with Crippen LogP contribution in [0, 0.1) is 5.92 Å². The van der Waals surface area contributed by atoms with Gasteiger partial charge in [0.25, 0.3) is 0 Å². The summed E-state index contributed by atoms with van der Waals surface area (Å²) in [5.41, 5.74) is 9.03. The average molecular weight is 274 g/mol. The quantitative estimate of drug-likeness (QED) is 0.777. The number of para-hydroxylation sites is 1. The highest BCUT2D eigenvalue weighted by molar-refractivity contribution is 5.55. The van der Waals surface area contributed by atoms with Crippen LogP contribution in [-0.2, 0) is 6.42 Å². The molecule has 2 heteroatoms. The summed E-state index contributed by atoms with van der Waals surface area (Å²) < 4.78 is 0. The largest absolute Gasteiger partial charge is 0.368 e. The standard InChI is InChI=1S/C18H30N2/c1-4-16(19)13-15-7-5-6-8-18(15)20(17-9-10-17)12-11-14(2)3/h5-8,14,16-17H,4,9-13,19H2,1-3H3. The van der Waals surface area contributed by atoms with Gasteiger partial charge in [-0.3, -0.25) is 0 Å². The normalized spacial score (nSPS) is 16.4. The average Bonchev–Trinajstić information content (AvgIpc) is 3.25. The fourth-order valence-electron chi connectivity index (χ4n) is 2.67. The van der Waals surface area contributed by atoms with Gasteiger partial charge in [-0.15, -0.1) is 0 Å². The highest BCUT2D eigenvalue weighted by Crippen LogP contribution is 2.34. The number of nitrogens with zero attached hydrogens (tertiary/aromatic N) is 1. The lowest BCUT2D eigenvalue weighted by Crippen LogP contribution is -2.30. The molecule has 0 spiro atoms. The summed E-state index contributed by atoms with van der Waals surface area (Å²) in [4.78, 5) is 2.64. The molecule has 1 aliphatic carbocycles. The Kier molecular flexibility index (Phi) is 5.47. The molecule has 0 aromatic heterocycles. The monoisotopic (exact) mass is 274 g/mol. The smallest absolute Gasteiger partial charge is 0.0401 e. The summed E-state index contributed by atoms with van der Waals surface area (Å²) >= 11 is 0. The molecule has 1 unspecified atom stereocenters. The van der Waals surface area contributed by atoms with Crippen molar-refractivity contribution >= 4 is 5.69 Å². The van der Waals surface area contributed by atoms with E-state index in [2.05, 4.69) is 49.9 Å². The molecule has 2 rings (SSSR count). The molecule has 0 saturated heterocycles. The van der Waals surface area contributed by atoms with Crippen molar-refractivity contribution in [2.45, 2.75) is 65.0 Å². The molecule has 1 aromatic rings. The van der Waals surface area contributed by atoms with Crippen LogP contribution in [0.25, 0.3) is 0 Å². The first-order valence-electron chi connectivity index (χ1n) is 8.22. The van der Waals surface area contributed by atoms with E-state index in [0.29, 0.717) is 0 Å². The van der Waals surface area contributed by atoms with E-state index < -0.39 is 0 Å². The Balaban J connectivity index is 2.14. The number of rotatable bonds is 8. The van der Waals surface area contributed by atoms with E-state index in [1.54, 1.807) is 0 Å². The third-order valence-corrected chi connectivity index (χ3v) is 4.24. The second-order valence-electron chi connectivity index (χ2n) is 6.61. The van der Waals surface area contributed by atoms with Gasteiger partial charge in [0, 0.05) is 24.3 Å². The van der Waals surface area contributed by atoms with Crippen LogP contribution in [0.1, 0.15) is 52.0 Å². The van der Waals surface area contributed by atoms with Crippen molar-refractivity contribution in [2.24, 2.45) is 11.7 Å². The molecule has 0 amide bonds. The van der Waals surface area contributed by atoms with Gasteiger partial charge >= 0.3 is 0 Å². The van der Waals surface area contributed by atoms with Gasteiger partial charge in [-0.2, -0.15) is 0 Å². The summed E-state index contributed by atoms with van der Waals surface area (Å²) in [6, 6.07) is 9.91. The molecule has 1 fully saturated rings. The molecule has 0 heterocycles. The molecular weight excluding hydrogens is 244 g/mol. The Bertz CT molecular complexity index is 410. The van der Waals surface area contributed by atoms with E-state index in [0.717, 1.165) is 24.8 Å². The van der Waals surface area contributed by atoms with Crippen LogP contribution in [0.4, 0.5) is 5.69 Å². The molecule has 0 bridgehead atoms. The Hall–Kier alpha value is -1.02. The molecule has 2 nitrogen and oxygen atoms in total. The van der Waals surface area contributed by atoms with Crippen molar-refractivity contribution in [1.29, 1.82) is 0 Å². The molecule has 0 aliphatic heterocycles. The summed E-state index contributed by atoms with van der Waals surface area (Å²) in [7, 11) is 0. The van der Waals surface area contributed by atoms with Gasteiger partial charge in [0.15, 0.2) is 0 Å². The second-order valence-corrected chi connectivity index (χ2v) is 6.61. The predicted molar refractivity (Wildman–Crippen MR) is 88.2 cm³/mol. The SMILES string of the molecule is CCC(N)Cc1ccccc1N(CCC(C)C)C1CC1. The third-order valence-electron chi connectivity index (χ3n) is 4.24. The first kappa shape index (κ1) is 15.4. The first-order chi connectivity index (χ1) is 9.61. The topological polar surface area (TPSA) is 29.3 Å². The zero-order chi connectivity index (χ0) is 14.5. The van der Waals surface area contributed by atoms with E-state index in [1.807, 2.05) is 0 Å². The molecule has 1 aliphatic rings. The lowest BCUT2D eigenvalue weighted by atomic mass is 10.0. The molecule has 2 N–H and O–H groups in total. The molecule has 112 valence electrons. The minimum Gasteiger partial charge on any atom is -0.368 e. The summed E-state index contributed by atoms with van der Waals surface area (Å²) in [5, 5.41) is 0. The minimum absolute atomic E-state index is 0.280. The number of nitrogens with two attached hydrogens (primary N) is 1. The maximum Gasteiger partial charge on any atom is 0.0401 e. The van der Waals surface area contributed by atoms with Crippen LogP contribution >= 0.6 is 0 Å². The van der Waals surface area contributed by atoms with Gasteiger partial charge in [0.05, 0.1) is 0 Å². The first-order valence-corrected chi connectivity index (χ1v) is 8.22. The highest BCUT2D eigenvalue weighted by atomic mass is 15.2. The van der Waals surface area contributed by atoms with E-state index >= 15 is 0 Å². The van der Waals surface area contributed by atoms with E-state index in [9.17, 15) is 0 Å². The van der Waals surface area contributed by atoms with Crippen LogP contribution in [0.3, 0.4) is 0 Å². The van der Waals surface area contributed by atoms with Crippen molar-refractivity contribution in [2.75, 3.05) is 11.4 Å². The maximum absolute atomic E-state index is 6.17. The van der Waals surface area contributed by atoms with Crippen LogP contribution in [-0.4, -0.2) is 18.6 Å². The summed E-state index contributed by atoms with van der Waals surface area (Å²) in [6.07, 6.45) is 6.02. The molecule has 20 heavy (non-hydrogen) atoms. The van der Waals surface area contributed by atoms with Crippen LogP contribution in [0.5, 0.6) is 0 Å². The third kappa shape index (κ3) is 4.24. The minimum atomic E-state index is 0.280. The maximum atomic E-state index is 6.17. The molecular formula is C18H30N2. The van der Waals surface area contributed by atoms with E-state index in [1.165, 1.54) is 37.1 Å². The van der Waals surface area contributed by atoms with Crippen molar-refractivity contribution in [3.05, 3.63) is 29.8 Å². The summed E-state index contributed by atoms with van der Waals surface area (Å²) in [5.74, 6) is 0.765. The Morgan fingerprint density at radius 1 is 1.25 bits per heavy atom. The zero-order valence-electron chi connectivity index (χ0n) is 13.3. The van der Waals surface area contributed by atoms with E-state index in [4.69, 9.17) is 5.73 Å². The molecule has 1 aromatic carbocycles. The number of hydrogen-bond donors (Lipinski definition) is 1. The molecule has 1 atom stereocenters. The van der Waals surface area contributed by atoms with Gasteiger partial charge in [0.2, 0.25) is 0 Å². The van der Waals surface area contributed by atoms with Crippen LogP contribution < -0.4 is 10.6 Å². The van der Waals surface area contributed by atoms with Gasteiger partial charge in [-0.1, -0.05) is 39.0 Å². The van der Waals surface area contributed by atoms with Crippen molar-refractivity contribution < 1.29 is 0 Å². The lowest BCUT2D eigenvalue weighted by molar-refractivity contribution is 0.568. The Morgan fingerprint density at radius 3 is 2.55 bits per heavy atom. The fourth-order valence-corrected chi connectivity index (χ4v) is 2.67. The van der Waals surface area contributed by atoms with Crippen molar-refractivity contribution in [3.8, 4) is 0 Å². The molecule has 0 radical (unpaired) electrons. The fraction of sp³-hybridized carbons (Fsp3) is 0.667. The van der Waals surface area contributed by atoms with Gasteiger partial charge < -0.3 is 10.6 Å². The van der Waals surface area contributed by atoms with Gasteiger partial charge in [-0.05, 0) is 49.7 Å². The second kappa shape index (κ2) is 7.12. The Morgan fingerprint density at radius 2 is 1.95 bits per heavy atom. The van der Waals surface area contributed by atoms with Crippen molar-refractivity contribution in [3.63, 3.8) is 0 Å². The number of benzene rings is 1. The number of anilines is 1. The van der Waals surface area contributed by atoms with Crippen LogP contribution in [0.2, 0.25) is 0 Å². The Labute approximate surface area is 124 Å². The summed E-state index contributed by atoms with van der Waals surface area (Å²) in [6.45, 7) is 7.97. The highest BCUT2D eigenvalue weighted by Gasteiger charge is 2.30. The number of hydrogen-bond acceptors (Lipinski definition) is 2. The zero-order valence-corrected chi connectivity index (χ0v) is 13.3. The predicted octanol–water partition coefficient (Wildman–Crippen LogP) is 3.98. The van der Waals surface area contributed by atoms with Crippen LogP contribution in [0.15, 0.2) is 24.3 Å². The van der Waals surface area contributed by atoms with E-state index in [-0.39, 0.29) is 6.04 Å². The van der Waals surface area contributed by atoms with Gasteiger partial charge in [0.1, 0.15) is 0 Å². The lowest BCUT2D eigenvalue weighted by Gasteiger charge is -2.28. The molecule has 1 saturated carbocycles.